The summed E-state index contributed by atoms with van der Waals surface area (Å²) in [7, 11) is -4.14. The first-order valence-electron chi connectivity index (χ1n) is 14.6. The smallest absolute Gasteiger partial charge is 0.264 e. The van der Waals surface area contributed by atoms with Crippen LogP contribution in [0.1, 0.15) is 56.2 Å². The van der Waals surface area contributed by atoms with Crippen molar-refractivity contribution in [2.45, 2.75) is 76.9 Å². The summed E-state index contributed by atoms with van der Waals surface area (Å²) >= 11 is 0. The summed E-state index contributed by atoms with van der Waals surface area (Å²) in [4.78, 5) is 29.0. The van der Waals surface area contributed by atoms with Gasteiger partial charge in [-0.1, -0.05) is 54.8 Å². The first kappa shape index (κ1) is 31.1. The average Bonchev–Trinajstić information content (AvgIpc) is 3.49. The molecule has 2 amide bonds. The molecule has 0 aromatic heterocycles. The highest BCUT2D eigenvalue weighted by molar-refractivity contribution is 7.92. The quantitative estimate of drug-likeness (QED) is 0.305. The highest BCUT2D eigenvalue weighted by atomic mass is 32.2. The zero-order valence-electron chi connectivity index (χ0n) is 24.9. The Morgan fingerprint density at radius 2 is 1.60 bits per heavy atom. The normalized spacial score (nSPS) is 14.3. The standard InChI is InChI=1S/C33H41N3O5S/c1-5-41-30-18-20-31(21-19-30)42(39,40)36(29-16-14-24(2)15-17-29)23-32(37)35(22-27-11-7-6-10-25(27)3)26(4)33(38)34-28-12-8-9-13-28/h6-7,10-11,14-21,26,28H,5,8-9,12-13,22-23H2,1-4H3,(H,34,38). The Morgan fingerprint density at radius 3 is 2.21 bits per heavy atom. The van der Waals surface area contributed by atoms with Gasteiger partial charge in [0.05, 0.1) is 17.2 Å². The third-order valence-corrected chi connectivity index (χ3v) is 9.58. The molecule has 0 saturated heterocycles. The van der Waals surface area contributed by atoms with E-state index in [0.29, 0.717) is 18.0 Å². The van der Waals surface area contributed by atoms with E-state index < -0.39 is 28.5 Å². The molecule has 1 aliphatic carbocycles. The lowest BCUT2D eigenvalue weighted by Gasteiger charge is -2.33. The fraction of sp³-hybridized carbons (Fsp3) is 0.394. The van der Waals surface area contributed by atoms with Crippen LogP contribution < -0.4 is 14.4 Å². The van der Waals surface area contributed by atoms with Gasteiger partial charge in [0.1, 0.15) is 18.3 Å². The van der Waals surface area contributed by atoms with Gasteiger partial charge in [-0.15, -0.1) is 0 Å². The van der Waals surface area contributed by atoms with Crippen LogP contribution >= 0.6 is 0 Å². The Morgan fingerprint density at radius 1 is 0.952 bits per heavy atom. The molecular weight excluding hydrogens is 550 g/mol. The molecule has 42 heavy (non-hydrogen) atoms. The van der Waals surface area contributed by atoms with Crippen LogP contribution in [0, 0.1) is 13.8 Å². The van der Waals surface area contributed by atoms with E-state index >= 15 is 0 Å². The second-order valence-corrected chi connectivity index (χ2v) is 12.7. The molecule has 9 heteroatoms. The Kier molecular flexibility index (Phi) is 10.3. The predicted octanol–water partition coefficient (Wildman–Crippen LogP) is 5.37. The van der Waals surface area contributed by atoms with Crippen LogP contribution in [0.25, 0.3) is 0 Å². The lowest BCUT2D eigenvalue weighted by molar-refractivity contribution is -0.139. The Balaban J connectivity index is 1.68. The van der Waals surface area contributed by atoms with Crippen LogP contribution in [-0.4, -0.2) is 50.4 Å². The van der Waals surface area contributed by atoms with Gasteiger partial charge in [0.15, 0.2) is 0 Å². The van der Waals surface area contributed by atoms with Crippen LogP contribution in [0.5, 0.6) is 5.75 Å². The summed E-state index contributed by atoms with van der Waals surface area (Å²) < 4.78 is 34.7. The number of hydrogen-bond acceptors (Lipinski definition) is 5. The summed E-state index contributed by atoms with van der Waals surface area (Å²) in [5.74, 6) is -0.150. The molecule has 8 nitrogen and oxygen atoms in total. The largest absolute Gasteiger partial charge is 0.494 e. The lowest BCUT2D eigenvalue weighted by Crippen LogP contribution is -2.52. The molecule has 3 aromatic rings. The molecular formula is C33H41N3O5S. The molecule has 224 valence electrons. The van der Waals surface area contributed by atoms with Crippen molar-refractivity contribution in [2.24, 2.45) is 0 Å². The lowest BCUT2D eigenvalue weighted by atomic mass is 10.1. The van der Waals surface area contributed by atoms with E-state index in [1.807, 2.05) is 57.2 Å². The van der Waals surface area contributed by atoms with Crippen molar-refractivity contribution >= 4 is 27.5 Å². The Bertz CT molecular complexity index is 1470. The molecule has 1 saturated carbocycles. The fourth-order valence-electron chi connectivity index (χ4n) is 5.19. The Hall–Kier alpha value is -3.85. The van der Waals surface area contributed by atoms with Gasteiger partial charge in [-0.05, 0) is 88.1 Å². The Labute approximate surface area is 249 Å². The van der Waals surface area contributed by atoms with Crippen molar-refractivity contribution < 1.29 is 22.7 Å². The maximum Gasteiger partial charge on any atom is 0.264 e. The molecule has 1 N–H and O–H groups in total. The summed E-state index contributed by atoms with van der Waals surface area (Å²) in [5, 5.41) is 3.10. The second-order valence-electron chi connectivity index (χ2n) is 10.9. The van der Waals surface area contributed by atoms with Crippen molar-refractivity contribution in [1.29, 1.82) is 0 Å². The molecule has 1 unspecified atom stereocenters. The number of anilines is 1. The van der Waals surface area contributed by atoms with Gasteiger partial charge in [0, 0.05) is 12.6 Å². The topological polar surface area (TPSA) is 96.0 Å². The summed E-state index contributed by atoms with van der Waals surface area (Å²) in [6.45, 7) is 7.59. The first-order chi connectivity index (χ1) is 20.1. The van der Waals surface area contributed by atoms with E-state index in [-0.39, 0.29) is 23.4 Å². The van der Waals surface area contributed by atoms with Crippen molar-refractivity contribution in [3.8, 4) is 5.75 Å². The summed E-state index contributed by atoms with van der Waals surface area (Å²) in [6.07, 6.45) is 3.98. The molecule has 3 aromatic carbocycles. The van der Waals surface area contributed by atoms with E-state index in [1.54, 1.807) is 31.2 Å². The van der Waals surface area contributed by atoms with Gasteiger partial charge in [-0.25, -0.2) is 8.42 Å². The minimum absolute atomic E-state index is 0.0387. The zero-order chi connectivity index (χ0) is 30.3. The molecule has 0 aliphatic heterocycles. The summed E-state index contributed by atoms with van der Waals surface area (Å²) in [6, 6.07) is 20.2. The third kappa shape index (κ3) is 7.50. The number of aryl methyl sites for hydroxylation is 2. The monoisotopic (exact) mass is 591 g/mol. The number of carbonyl (C=O) groups is 2. The zero-order valence-corrected chi connectivity index (χ0v) is 25.7. The van der Waals surface area contributed by atoms with Gasteiger partial charge >= 0.3 is 0 Å². The third-order valence-electron chi connectivity index (χ3n) is 7.79. The van der Waals surface area contributed by atoms with Gasteiger partial charge in [0.2, 0.25) is 11.8 Å². The molecule has 0 radical (unpaired) electrons. The van der Waals surface area contributed by atoms with E-state index in [2.05, 4.69) is 5.32 Å². The SMILES string of the molecule is CCOc1ccc(S(=O)(=O)N(CC(=O)N(Cc2ccccc2C)C(C)C(=O)NC2CCCC2)c2ccc(C)cc2)cc1. The fourth-order valence-corrected chi connectivity index (χ4v) is 6.60. The van der Waals surface area contributed by atoms with Gasteiger partial charge in [-0.3, -0.25) is 13.9 Å². The van der Waals surface area contributed by atoms with Crippen LogP contribution in [0.4, 0.5) is 5.69 Å². The van der Waals surface area contributed by atoms with E-state index in [4.69, 9.17) is 4.74 Å². The number of hydrogen-bond donors (Lipinski definition) is 1. The van der Waals surface area contributed by atoms with Gasteiger partial charge in [0.25, 0.3) is 10.0 Å². The molecule has 4 rings (SSSR count). The van der Waals surface area contributed by atoms with Crippen molar-refractivity contribution in [3.63, 3.8) is 0 Å². The van der Waals surface area contributed by atoms with Crippen LogP contribution in [-0.2, 0) is 26.2 Å². The number of amides is 2. The van der Waals surface area contributed by atoms with E-state index in [9.17, 15) is 18.0 Å². The van der Waals surface area contributed by atoms with Crippen molar-refractivity contribution in [1.82, 2.24) is 10.2 Å². The second kappa shape index (κ2) is 13.9. The minimum atomic E-state index is -4.14. The number of ether oxygens (including phenoxy) is 1. The molecule has 0 heterocycles. The van der Waals surface area contributed by atoms with Crippen molar-refractivity contribution in [2.75, 3.05) is 17.5 Å². The number of benzene rings is 3. The molecule has 1 atom stereocenters. The first-order valence-corrected chi connectivity index (χ1v) is 16.0. The van der Waals surface area contributed by atoms with Gasteiger partial charge in [-0.2, -0.15) is 0 Å². The molecule has 0 bridgehead atoms. The van der Waals surface area contributed by atoms with E-state index in [0.717, 1.165) is 46.7 Å². The van der Waals surface area contributed by atoms with Gasteiger partial charge < -0.3 is 15.0 Å². The maximum absolute atomic E-state index is 14.1. The number of carbonyl (C=O) groups excluding carboxylic acids is 2. The molecule has 1 aliphatic rings. The minimum Gasteiger partial charge on any atom is -0.494 e. The highest BCUT2D eigenvalue weighted by Gasteiger charge is 2.33. The summed E-state index contributed by atoms with van der Waals surface area (Å²) in [5.41, 5.74) is 3.20. The van der Waals surface area contributed by atoms with Crippen LogP contribution in [0.15, 0.2) is 77.7 Å². The predicted molar refractivity (Wildman–Crippen MR) is 165 cm³/mol. The van der Waals surface area contributed by atoms with E-state index in [1.165, 1.54) is 17.0 Å². The average molecular weight is 592 g/mol. The molecule has 1 fully saturated rings. The van der Waals surface area contributed by atoms with Crippen molar-refractivity contribution in [3.05, 3.63) is 89.5 Å². The number of sulfonamides is 1. The number of nitrogens with zero attached hydrogens (tertiary/aromatic N) is 2. The highest BCUT2D eigenvalue weighted by Crippen LogP contribution is 2.27. The number of rotatable bonds is 12. The maximum atomic E-state index is 14.1. The molecule has 0 spiro atoms. The number of nitrogens with one attached hydrogen (secondary N) is 1. The van der Waals surface area contributed by atoms with Crippen LogP contribution in [0.3, 0.4) is 0 Å². The van der Waals surface area contributed by atoms with Crippen LogP contribution in [0.2, 0.25) is 0 Å².